The molecule has 0 radical (unpaired) electrons. The van der Waals surface area contributed by atoms with Crippen LogP contribution in [0.3, 0.4) is 0 Å². The molecule has 0 N–H and O–H groups in total. The zero-order valence-corrected chi connectivity index (χ0v) is 13.0. The Morgan fingerprint density at radius 2 is 2.05 bits per heavy atom. The lowest BCUT2D eigenvalue weighted by molar-refractivity contribution is -0.120. The second-order valence-electron chi connectivity index (χ2n) is 6.19. The first-order chi connectivity index (χ1) is 10.7. The normalized spacial score (nSPS) is 25.7. The van der Waals surface area contributed by atoms with E-state index >= 15 is 0 Å². The maximum Gasteiger partial charge on any atom is 0.338 e. The number of carbonyl (C=O) groups excluding carboxylic acids is 2. The van der Waals surface area contributed by atoms with Gasteiger partial charge in [-0.3, -0.25) is 4.79 Å². The van der Waals surface area contributed by atoms with E-state index in [0.717, 1.165) is 31.2 Å². The second-order valence-corrected chi connectivity index (χ2v) is 6.19. The van der Waals surface area contributed by atoms with Crippen molar-refractivity contribution in [2.75, 3.05) is 6.61 Å². The number of unbranched alkanes of at least 4 members (excludes halogenated alkanes) is 2. The third-order valence-electron chi connectivity index (χ3n) is 4.75. The molecule has 0 spiro atoms. The van der Waals surface area contributed by atoms with Gasteiger partial charge in [-0.05, 0) is 30.4 Å². The largest absolute Gasteiger partial charge is 0.462 e. The molecule has 22 heavy (non-hydrogen) atoms. The van der Waals surface area contributed by atoms with Gasteiger partial charge in [0.1, 0.15) is 5.78 Å². The van der Waals surface area contributed by atoms with Crippen LogP contribution in [0.4, 0.5) is 0 Å². The topological polar surface area (TPSA) is 43.4 Å². The molecular weight excluding hydrogens is 276 g/mol. The van der Waals surface area contributed by atoms with Gasteiger partial charge in [0.05, 0.1) is 12.2 Å². The van der Waals surface area contributed by atoms with Crippen LogP contribution in [0.5, 0.6) is 0 Å². The molecule has 3 atom stereocenters. The van der Waals surface area contributed by atoms with Crippen LogP contribution in [0.15, 0.2) is 36.4 Å². The molecule has 1 fully saturated rings. The molecule has 3 rings (SSSR count). The molecule has 3 unspecified atom stereocenters. The molecule has 1 saturated carbocycles. The van der Waals surface area contributed by atoms with Gasteiger partial charge in [0.25, 0.3) is 0 Å². The van der Waals surface area contributed by atoms with Crippen molar-refractivity contribution in [3.8, 4) is 0 Å². The Morgan fingerprint density at radius 3 is 2.73 bits per heavy atom. The first-order valence-corrected chi connectivity index (χ1v) is 8.20. The Balaban J connectivity index is 1.75. The lowest BCUT2D eigenvalue weighted by Crippen LogP contribution is -2.15. The van der Waals surface area contributed by atoms with Gasteiger partial charge in [-0.1, -0.05) is 50.1 Å². The summed E-state index contributed by atoms with van der Waals surface area (Å²) in [5.74, 6) is 0.159. The predicted octanol–water partition coefficient (Wildman–Crippen LogP) is 3.89. The summed E-state index contributed by atoms with van der Waals surface area (Å²) in [6, 6.07) is 7.58. The van der Waals surface area contributed by atoms with E-state index in [2.05, 4.69) is 6.92 Å². The van der Waals surface area contributed by atoms with Crippen LogP contribution in [0, 0.1) is 11.8 Å². The molecule has 2 aliphatic rings. The first kappa shape index (κ1) is 15.0. The number of hydrogen-bond donors (Lipinski definition) is 0. The molecule has 0 aliphatic heterocycles. The average Bonchev–Trinajstić information content (AvgIpc) is 3.06. The number of ether oxygens (including phenoxy) is 1. The molecule has 2 aliphatic carbocycles. The van der Waals surface area contributed by atoms with Crippen molar-refractivity contribution < 1.29 is 14.3 Å². The van der Waals surface area contributed by atoms with Gasteiger partial charge in [0.15, 0.2) is 0 Å². The summed E-state index contributed by atoms with van der Waals surface area (Å²) in [6.45, 7) is 2.59. The Morgan fingerprint density at radius 1 is 1.23 bits per heavy atom. The predicted molar refractivity (Wildman–Crippen MR) is 84.7 cm³/mol. The smallest absolute Gasteiger partial charge is 0.338 e. The number of ketones is 1. The minimum absolute atomic E-state index is 0.0450. The van der Waals surface area contributed by atoms with E-state index in [1.54, 1.807) is 0 Å². The third kappa shape index (κ3) is 2.72. The van der Waals surface area contributed by atoms with Crippen molar-refractivity contribution >= 4 is 11.8 Å². The van der Waals surface area contributed by atoms with E-state index < -0.39 is 0 Å². The van der Waals surface area contributed by atoms with Gasteiger partial charge in [0, 0.05) is 11.8 Å². The standard InChI is InChI=1S/C19H22O3/c1-2-3-6-11-22-19(21)16-8-5-4-7-14(16)17-12-13-9-10-15(17)18(13)20/h4-5,7-10,13,15,17H,2-3,6,11-12H2,1H3. The lowest BCUT2D eigenvalue weighted by Gasteiger charge is -2.20. The molecule has 116 valence electrons. The van der Waals surface area contributed by atoms with Crippen LogP contribution >= 0.6 is 0 Å². The molecule has 1 aromatic carbocycles. The Hall–Kier alpha value is -1.90. The number of hydrogen-bond acceptors (Lipinski definition) is 3. The SMILES string of the molecule is CCCCCOC(=O)c1ccccc1C1CC2C=CC1C2=O. The molecule has 0 amide bonds. The average molecular weight is 298 g/mol. The quantitative estimate of drug-likeness (QED) is 0.454. The van der Waals surface area contributed by atoms with Gasteiger partial charge < -0.3 is 4.74 Å². The molecule has 2 bridgehead atoms. The monoisotopic (exact) mass is 298 g/mol. The summed E-state index contributed by atoms with van der Waals surface area (Å²) in [7, 11) is 0. The van der Waals surface area contributed by atoms with Crippen LogP contribution in [0.1, 0.15) is 54.4 Å². The van der Waals surface area contributed by atoms with E-state index in [9.17, 15) is 9.59 Å². The molecule has 0 aromatic heterocycles. The van der Waals surface area contributed by atoms with E-state index in [0.29, 0.717) is 18.0 Å². The number of carbonyl (C=O) groups is 2. The maximum absolute atomic E-state index is 12.3. The van der Waals surface area contributed by atoms with E-state index in [1.807, 2.05) is 36.4 Å². The van der Waals surface area contributed by atoms with Crippen molar-refractivity contribution in [1.29, 1.82) is 0 Å². The highest BCUT2D eigenvalue weighted by atomic mass is 16.5. The van der Waals surface area contributed by atoms with Crippen molar-refractivity contribution in [1.82, 2.24) is 0 Å². The summed E-state index contributed by atoms with van der Waals surface area (Å²) < 4.78 is 5.40. The zero-order chi connectivity index (χ0) is 15.5. The fourth-order valence-corrected chi connectivity index (χ4v) is 3.56. The highest BCUT2D eigenvalue weighted by Crippen LogP contribution is 2.47. The van der Waals surface area contributed by atoms with E-state index in [4.69, 9.17) is 4.74 Å². The van der Waals surface area contributed by atoms with Crippen molar-refractivity contribution in [2.45, 2.75) is 38.5 Å². The van der Waals surface area contributed by atoms with Gasteiger partial charge in [0.2, 0.25) is 0 Å². The van der Waals surface area contributed by atoms with E-state index in [-0.39, 0.29) is 23.7 Å². The molecular formula is C19H22O3. The van der Waals surface area contributed by atoms with Crippen LogP contribution in [-0.2, 0) is 9.53 Å². The van der Waals surface area contributed by atoms with Crippen molar-refractivity contribution in [3.05, 3.63) is 47.5 Å². The summed E-state index contributed by atoms with van der Waals surface area (Å²) in [5, 5.41) is 0. The maximum atomic E-state index is 12.3. The Bertz CT molecular complexity index is 602. The number of allylic oxidation sites excluding steroid dienone is 2. The number of fused-ring (bicyclic) bond motifs is 2. The summed E-state index contributed by atoms with van der Waals surface area (Å²) in [4.78, 5) is 24.4. The zero-order valence-electron chi connectivity index (χ0n) is 13.0. The molecule has 1 aromatic rings. The van der Waals surface area contributed by atoms with Crippen molar-refractivity contribution in [2.24, 2.45) is 11.8 Å². The number of benzene rings is 1. The van der Waals surface area contributed by atoms with Crippen LogP contribution in [0.25, 0.3) is 0 Å². The van der Waals surface area contributed by atoms with Gasteiger partial charge in [-0.2, -0.15) is 0 Å². The van der Waals surface area contributed by atoms with Gasteiger partial charge >= 0.3 is 5.97 Å². The Kier molecular flexibility index (Phi) is 4.41. The van der Waals surface area contributed by atoms with Crippen LogP contribution < -0.4 is 0 Å². The second kappa shape index (κ2) is 6.47. The number of esters is 1. The minimum Gasteiger partial charge on any atom is -0.462 e. The third-order valence-corrected chi connectivity index (χ3v) is 4.75. The number of Topliss-reactive ketones (excluding diaryl/α,β-unsaturated/α-hetero) is 1. The molecule has 3 heteroatoms. The van der Waals surface area contributed by atoms with E-state index in [1.165, 1.54) is 0 Å². The fourth-order valence-electron chi connectivity index (χ4n) is 3.56. The van der Waals surface area contributed by atoms with Crippen LogP contribution in [0.2, 0.25) is 0 Å². The molecule has 3 nitrogen and oxygen atoms in total. The van der Waals surface area contributed by atoms with Gasteiger partial charge in [-0.15, -0.1) is 0 Å². The highest BCUT2D eigenvalue weighted by Gasteiger charge is 2.45. The van der Waals surface area contributed by atoms with Gasteiger partial charge in [-0.25, -0.2) is 4.79 Å². The number of rotatable bonds is 6. The molecule has 0 heterocycles. The summed E-state index contributed by atoms with van der Waals surface area (Å²) >= 11 is 0. The fraction of sp³-hybridized carbons (Fsp3) is 0.474. The summed E-state index contributed by atoms with van der Waals surface area (Å²) in [6.07, 6.45) is 7.91. The Labute approximate surface area is 131 Å². The highest BCUT2D eigenvalue weighted by molar-refractivity contribution is 5.95. The summed E-state index contributed by atoms with van der Waals surface area (Å²) in [5.41, 5.74) is 1.59. The van der Waals surface area contributed by atoms with Crippen molar-refractivity contribution in [3.63, 3.8) is 0 Å². The molecule has 0 saturated heterocycles. The van der Waals surface area contributed by atoms with Crippen LogP contribution in [-0.4, -0.2) is 18.4 Å². The minimum atomic E-state index is -0.258. The lowest BCUT2D eigenvalue weighted by atomic mass is 9.84. The first-order valence-electron chi connectivity index (χ1n) is 8.20.